The van der Waals surface area contributed by atoms with Gasteiger partial charge in [-0.2, -0.15) is 23.0 Å². The van der Waals surface area contributed by atoms with Crippen LogP contribution in [0.3, 0.4) is 0 Å². The Morgan fingerprint density at radius 2 is 1.17 bits per heavy atom. The molecule has 0 aliphatic carbocycles. The fourth-order valence-corrected chi connectivity index (χ4v) is 6.97. The van der Waals surface area contributed by atoms with Crippen LogP contribution >= 0.6 is 0 Å². The molecular formula is C32H46F4N4O20. The topological polar surface area (TPSA) is 414 Å². The molecule has 2 aromatic rings. The highest BCUT2D eigenvalue weighted by molar-refractivity contribution is 5.62. The zero-order chi connectivity index (χ0) is 47.3. The summed E-state index contributed by atoms with van der Waals surface area (Å²) < 4.78 is 56.9. The lowest BCUT2D eigenvalue weighted by Gasteiger charge is -2.64. The number of phenols is 5. The number of aliphatic hydroxyl groups excluding tert-OH is 2. The first-order valence-electron chi connectivity index (χ1n) is 16.8. The van der Waals surface area contributed by atoms with Crippen molar-refractivity contribution in [3.63, 3.8) is 0 Å². The third-order valence-corrected chi connectivity index (χ3v) is 10.9. The van der Waals surface area contributed by atoms with E-state index in [9.17, 15) is 119 Å². The molecule has 19 N–H and O–H groups in total. The average molecular weight is 883 g/mol. The van der Waals surface area contributed by atoms with Crippen LogP contribution in [0.15, 0.2) is 0 Å². The number of benzene rings is 2. The first-order chi connectivity index (χ1) is 26.7. The summed E-state index contributed by atoms with van der Waals surface area (Å²) >= 11 is 0. The highest BCUT2D eigenvalue weighted by Gasteiger charge is 2.78. The monoisotopic (exact) mass is 882 g/mol. The molecule has 1 aliphatic rings. The summed E-state index contributed by atoms with van der Waals surface area (Å²) in [7, 11) is 0.591. The molecule has 1 aliphatic heterocycles. The number of piperazine rings is 1. The van der Waals surface area contributed by atoms with Gasteiger partial charge in [-0.1, -0.05) is 0 Å². The Morgan fingerprint density at radius 1 is 0.700 bits per heavy atom. The summed E-state index contributed by atoms with van der Waals surface area (Å²) in [6, 6.07) is -8.73. The highest BCUT2D eigenvalue weighted by atomic mass is 19.4. The van der Waals surface area contributed by atoms with Gasteiger partial charge >= 0.3 is 18.0 Å². The van der Waals surface area contributed by atoms with Crippen molar-refractivity contribution in [3.8, 4) is 28.7 Å². The maximum atomic E-state index is 14.9. The molecule has 0 bridgehead atoms. The van der Waals surface area contributed by atoms with Crippen molar-refractivity contribution < 1.29 is 119 Å². The number of phenolic OH excluding ortho intramolecular Hbond substituents is 5. The van der Waals surface area contributed by atoms with Gasteiger partial charge in [0.25, 0.3) is 17.6 Å². The number of carbonyl (C=O) groups excluding carboxylic acids is 1. The van der Waals surface area contributed by atoms with Crippen LogP contribution in [0, 0.1) is 26.6 Å². The van der Waals surface area contributed by atoms with Crippen molar-refractivity contribution >= 4 is 6.41 Å². The van der Waals surface area contributed by atoms with Gasteiger partial charge in [0.1, 0.15) is 28.6 Å². The number of aliphatic hydroxyl groups is 14. The SMILES string of the molecule is Cc1c(O)c(C(C)N(C)C(O)N(C(c2c(C)c(O)c(F)c(C)c2O)C(O)O)C(O)(O)C(O)(O)C(C)N2C(O)(O)C(C)(O)N(C=O)C(O)(O)C2(O)O)c(O)c(C(F)(F)F)c1O. The normalized spacial score (nSPS) is 22.0. The summed E-state index contributed by atoms with van der Waals surface area (Å²) in [5.41, 5.74) is -11.4. The number of hydrogen-bond donors (Lipinski definition) is 19. The van der Waals surface area contributed by atoms with Gasteiger partial charge in [0.15, 0.2) is 24.2 Å². The Hall–Kier alpha value is -4.05. The molecule has 0 saturated carbocycles. The van der Waals surface area contributed by atoms with Crippen LogP contribution in [-0.4, -0.2) is 184 Å². The average Bonchev–Trinajstić information content (AvgIpc) is 3.09. The summed E-state index contributed by atoms with van der Waals surface area (Å²) in [4.78, 5) is 9.24. The van der Waals surface area contributed by atoms with Crippen LogP contribution in [0.5, 0.6) is 28.7 Å². The van der Waals surface area contributed by atoms with Crippen molar-refractivity contribution in [2.75, 3.05) is 7.05 Å². The molecule has 1 fully saturated rings. The lowest BCUT2D eigenvalue weighted by Crippen LogP contribution is -2.92. The molecular weight excluding hydrogens is 836 g/mol. The van der Waals surface area contributed by atoms with E-state index in [2.05, 4.69) is 0 Å². The lowest BCUT2D eigenvalue weighted by atomic mass is 9.90. The molecule has 60 heavy (non-hydrogen) atoms. The summed E-state index contributed by atoms with van der Waals surface area (Å²) in [6.07, 6.45) is -13.0. The van der Waals surface area contributed by atoms with Gasteiger partial charge in [0.05, 0.1) is 17.6 Å². The van der Waals surface area contributed by atoms with E-state index < -0.39 is 161 Å². The van der Waals surface area contributed by atoms with Crippen LogP contribution in [0.25, 0.3) is 0 Å². The number of aromatic hydroxyl groups is 5. The number of alkyl halides is 3. The van der Waals surface area contributed by atoms with E-state index in [4.69, 9.17) is 0 Å². The molecule has 3 rings (SSSR count). The fraction of sp³-hybridized carbons (Fsp3) is 0.594. The molecule has 28 heteroatoms. The maximum absolute atomic E-state index is 14.9. The Morgan fingerprint density at radius 3 is 1.60 bits per heavy atom. The van der Waals surface area contributed by atoms with Crippen molar-refractivity contribution in [3.05, 3.63) is 39.2 Å². The van der Waals surface area contributed by atoms with E-state index in [1.807, 2.05) is 0 Å². The molecule has 1 saturated heterocycles. The standard InChI is InChI=1S/C32H46F4N4O20/c1-9-14(19(42)10(2)17(33)22(9)45)18(24(47)48)39(25(49)37(7)12(4)15-20(43)11(3)21(44)16(23(15)46)28(34,35)36)30(55,56)27(51,52)13(5)40-29(53,54)26(6,50)38(8-41)31(57,58)32(40,59)60/h8,12-13,18,24-25,42-60H,1-7H3. The number of carbonyl (C=O) groups is 1. The van der Waals surface area contributed by atoms with E-state index in [1.54, 1.807) is 0 Å². The van der Waals surface area contributed by atoms with Crippen molar-refractivity contribution in [1.82, 2.24) is 19.6 Å². The van der Waals surface area contributed by atoms with E-state index in [0.717, 1.165) is 27.7 Å². The number of nitrogens with zero attached hydrogens (tertiary/aromatic N) is 4. The summed E-state index contributed by atoms with van der Waals surface area (Å²) in [6.45, 7) is 3.30. The molecule has 0 radical (unpaired) electrons. The first-order valence-corrected chi connectivity index (χ1v) is 16.8. The van der Waals surface area contributed by atoms with Crippen LogP contribution < -0.4 is 0 Å². The maximum Gasteiger partial charge on any atom is 0.423 e. The molecule has 1 amide bonds. The highest BCUT2D eigenvalue weighted by Crippen LogP contribution is 2.53. The number of hydrogen-bond acceptors (Lipinski definition) is 23. The Balaban J connectivity index is 2.50. The molecule has 0 spiro atoms. The second-order valence-corrected chi connectivity index (χ2v) is 14.4. The quantitative estimate of drug-likeness (QED) is 0.0411. The van der Waals surface area contributed by atoms with Crippen molar-refractivity contribution in [2.24, 2.45) is 0 Å². The van der Waals surface area contributed by atoms with E-state index in [1.165, 1.54) is 0 Å². The van der Waals surface area contributed by atoms with E-state index >= 15 is 0 Å². The van der Waals surface area contributed by atoms with E-state index in [0.29, 0.717) is 7.05 Å². The molecule has 5 unspecified atom stereocenters. The molecule has 0 aromatic heterocycles. The molecule has 1 heterocycles. The number of rotatable bonds is 12. The largest absolute Gasteiger partial charge is 0.507 e. The van der Waals surface area contributed by atoms with Gasteiger partial charge in [0, 0.05) is 28.3 Å². The van der Waals surface area contributed by atoms with Gasteiger partial charge < -0.3 is 97.0 Å². The minimum atomic E-state index is -5.56. The molecule has 5 atom stereocenters. The van der Waals surface area contributed by atoms with Crippen LogP contribution in [-0.2, 0) is 11.0 Å². The molecule has 24 nitrogen and oxygen atoms in total. The zero-order valence-corrected chi connectivity index (χ0v) is 32.2. The van der Waals surface area contributed by atoms with Gasteiger partial charge in [-0.05, 0) is 48.6 Å². The van der Waals surface area contributed by atoms with E-state index in [-0.39, 0.29) is 18.7 Å². The van der Waals surface area contributed by atoms with Gasteiger partial charge in [-0.15, -0.1) is 0 Å². The number of amides is 1. The zero-order valence-electron chi connectivity index (χ0n) is 32.2. The molecule has 2 aromatic carbocycles. The minimum Gasteiger partial charge on any atom is -0.507 e. The second kappa shape index (κ2) is 15.4. The smallest absolute Gasteiger partial charge is 0.423 e. The van der Waals surface area contributed by atoms with Gasteiger partial charge in [-0.25, -0.2) is 4.39 Å². The van der Waals surface area contributed by atoms with Crippen LogP contribution in [0.4, 0.5) is 17.6 Å². The third kappa shape index (κ3) is 7.00. The second-order valence-electron chi connectivity index (χ2n) is 14.4. The van der Waals surface area contributed by atoms with Crippen molar-refractivity contribution in [2.45, 2.75) is 114 Å². The number of halogens is 4. The Kier molecular flexibility index (Phi) is 12.9. The summed E-state index contributed by atoms with van der Waals surface area (Å²) in [5.74, 6) is -33.6. The van der Waals surface area contributed by atoms with Gasteiger partial charge in [0.2, 0.25) is 12.1 Å². The molecule has 342 valence electrons. The minimum absolute atomic E-state index is 0.151. The van der Waals surface area contributed by atoms with Crippen LogP contribution in [0.1, 0.15) is 66.2 Å². The van der Waals surface area contributed by atoms with Crippen molar-refractivity contribution in [1.29, 1.82) is 0 Å². The fourth-order valence-electron chi connectivity index (χ4n) is 6.97. The Bertz CT molecular complexity index is 1940. The van der Waals surface area contributed by atoms with Crippen LogP contribution in [0.2, 0.25) is 0 Å². The summed E-state index contributed by atoms with van der Waals surface area (Å²) in [5, 5.41) is 209. The lowest BCUT2D eigenvalue weighted by molar-refractivity contribution is -0.582. The first kappa shape index (κ1) is 50.3. The van der Waals surface area contributed by atoms with Gasteiger partial charge in [-0.3, -0.25) is 14.6 Å². The third-order valence-electron chi connectivity index (χ3n) is 10.9. The predicted octanol–water partition coefficient (Wildman–Crippen LogP) is -4.97. The predicted molar refractivity (Wildman–Crippen MR) is 181 cm³/mol. The Labute approximate surface area is 334 Å².